The van der Waals surface area contributed by atoms with Gasteiger partial charge in [0, 0.05) is 42.8 Å². The van der Waals surface area contributed by atoms with E-state index in [0.717, 1.165) is 11.4 Å². The van der Waals surface area contributed by atoms with Gasteiger partial charge in [-0.3, -0.25) is 0 Å². The predicted molar refractivity (Wildman–Crippen MR) is 94.7 cm³/mol. The maximum atomic E-state index is 8.19. The van der Waals surface area contributed by atoms with Crippen molar-refractivity contribution in [2.45, 2.75) is 39.5 Å². The number of rotatable bonds is 8. The van der Waals surface area contributed by atoms with Crippen molar-refractivity contribution in [1.82, 2.24) is 10.2 Å². The third-order valence-corrected chi connectivity index (χ3v) is 4.37. The number of hydrogen-bond donors (Lipinski definition) is 2. The minimum atomic E-state index is 0.525. The molecule has 0 spiro atoms. The molecule has 0 aromatic rings. The number of nitrogens with zero attached hydrogens (tertiary/aromatic N) is 1. The summed E-state index contributed by atoms with van der Waals surface area (Å²) in [5, 5.41) is 11.4. The van der Waals surface area contributed by atoms with Gasteiger partial charge in [0.25, 0.3) is 0 Å². The standard InChI is InChI=1S/C19H29N3/c1-5-6-17(21-3)12-7-14(2)22(4)19(16-10-11-16)13-18(20)15-8-9-15/h5-7,12-13,15-16,20-21H,8-11H2,1-4H3/b6-5-,14-7+,17-12+,19-13-,20-18?. The first kappa shape index (κ1) is 16.6. The molecule has 0 radical (unpaired) electrons. The minimum Gasteiger partial charge on any atom is -0.388 e. The van der Waals surface area contributed by atoms with Crippen LogP contribution in [0.25, 0.3) is 0 Å². The fraction of sp³-hybridized carbons (Fsp3) is 0.526. The average molecular weight is 299 g/mol. The van der Waals surface area contributed by atoms with Crippen LogP contribution >= 0.6 is 0 Å². The first-order valence-corrected chi connectivity index (χ1v) is 8.29. The number of hydrogen-bond acceptors (Lipinski definition) is 3. The molecule has 0 heterocycles. The lowest BCUT2D eigenvalue weighted by molar-refractivity contribution is 0.487. The van der Waals surface area contributed by atoms with Crippen molar-refractivity contribution in [3.63, 3.8) is 0 Å². The number of likely N-dealkylation sites (N-methyl/N-ethyl adjacent to an activating group) is 1. The molecule has 0 aliphatic heterocycles. The quantitative estimate of drug-likeness (QED) is 0.520. The van der Waals surface area contributed by atoms with Gasteiger partial charge in [0.1, 0.15) is 0 Å². The molecule has 2 aliphatic rings. The average Bonchev–Trinajstić information content (AvgIpc) is 3.39. The van der Waals surface area contributed by atoms with Crippen LogP contribution in [0.3, 0.4) is 0 Å². The lowest BCUT2D eigenvalue weighted by atomic mass is 10.1. The Labute approximate surface area is 135 Å². The van der Waals surface area contributed by atoms with Gasteiger partial charge in [-0.05, 0) is 69.8 Å². The van der Waals surface area contributed by atoms with Crippen molar-refractivity contribution >= 4 is 5.71 Å². The van der Waals surface area contributed by atoms with E-state index in [1.54, 1.807) is 0 Å². The normalized spacial score (nSPS) is 20.5. The van der Waals surface area contributed by atoms with Crippen molar-refractivity contribution in [2.75, 3.05) is 14.1 Å². The highest BCUT2D eigenvalue weighted by Gasteiger charge is 2.31. The highest BCUT2D eigenvalue weighted by molar-refractivity contribution is 5.96. The van der Waals surface area contributed by atoms with E-state index in [2.05, 4.69) is 48.5 Å². The zero-order chi connectivity index (χ0) is 16.1. The maximum absolute atomic E-state index is 8.19. The zero-order valence-corrected chi connectivity index (χ0v) is 14.3. The van der Waals surface area contributed by atoms with Gasteiger partial charge in [-0.1, -0.05) is 6.08 Å². The number of nitrogens with one attached hydrogen (secondary N) is 2. The van der Waals surface area contributed by atoms with Gasteiger partial charge in [-0.25, -0.2) is 0 Å². The monoisotopic (exact) mass is 299 g/mol. The summed E-state index contributed by atoms with van der Waals surface area (Å²) in [5.41, 5.74) is 4.44. The van der Waals surface area contributed by atoms with Crippen molar-refractivity contribution in [2.24, 2.45) is 11.8 Å². The molecule has 2 rings (SSSR count). The molecule has 2 saturated carbocycles. The Morgan fingerprint density at radius 1 is 1.14 bits per heavy atom. The van der Waals surface area contributed by atoms with Crippen LogP contribution in [0.2, 0.25) is 0 Å². The van der Waals surface area contributed by atoms with Crippen LogP contribution in [0.5, 0.6) is 0 Å². The van der Waals surface area contributed by atoms with Crippen molar-refractivity contribution < 1.29 is 0 Å². The maximum Gasteiger partial charge on any atom is 0.0362 e. The van der Waals surface area contributed by atoms with Crippen LogP contribution in [0.15, 0.2) is 47.5 Å². The molecule has 3 nitrogen and oxygen atoms in total. The Morgan fingerprint density at radius 3 is 2.27 bits per heavy atom. The lowest BCUT2D eigenvalue weighted by Gasteiger charge is -2.23. The SMILES string of the molecule is C\C=C/C(=C\C=C(/C)N(C)/C(=C\C(=N)C1CC1)C1CC1)NC. The Kier molecular flexibility index (Phi) is 5.64. The molecule has 0 saturated heterocycles. The topological polar surface area (TPSA) is 39.1 Å². The molecule has 2 aliphatic carbocycles. The second kappa shape index (κ2) is 7.48. The summed E-state index contributed by atoms with van der Waals surface area (Å²) in [4.78, 5) is 2.26. The largest absolute Gasteiger partial charge is 0.388 e. The Balaban J connectivity index is 2.12. The smallest absolute Gasteiger partial charge is 0.0362 e. The summed E-state index contributed by atoms with van der Waals surface area (Å²) in [6.45, 7) is 4.15. The zero-order valence-electron chi connectivity index (χ0n) is 14.3. The molecule has 0 aromatic carbocycles. The van der Waals surface area contributed by atoms with Crippen LogP contribution in [0.4, 0.5) is 0 Å². The van der Waals surface area contributed by atoms with Crippen LogP contribution in [-0.4, -0.2) is 24.7 Å². The third kappa shape index (κ3) is 4.62. The van der Waals surface area contributed by atoms with E-state index in [-0.39, 0.29) is 0 Å². The van der Waals surface area contributed by atoms with E-state index in [9.17, 15) is 0 Å². The molecule has 2 fully saturated rings. The molecular weight excluding hydrogens is 270 g/mol. The molecular formula is C19H29N3. The van der Waals surface area contributed by atoms with E-state index in [0.29, 0.717) is 11.8 Å². The van der Waals surface area contributed by atoms with Gasteiger partial charge in [0.05, 0.1) is 0 Å². The highest BCUT2D eigenvalue weighted by atomic mass is 15.1. The number of allylic oxidation sites excluding steroid dienone is 7. The summed E-state index contributed by atoms with van der Waals surface area (Å²) in [6, 6.07) is 0. The Hall–Kier alpha value is -1.77. The molecule has 0 atom stereocenters. The fourth-order valence-electron chi connectivity index (χ4n) is 2.47. The first-order chi connectivity index (χ1) is 10.6. The third-order valence-electron chi connectivity index (χ3n) is 4.37. The molecule has 0 amide bonds. The molecule has 0 bridgehead atoms. The van der Waals surface area contributed by atoms with Crippen molar-refractivity contribution in [3.05, 3.63) is 47.5 Å². The van der Waals surface area contributed by atoms with Gasteiger partial charge in [0.2, 0.25) is 0 Å². The van der Waals surface area contributed by atoms with E-state index in [1.165, 1.54) is 37.1 Å². The lowest BCUT2D eigenvalue weighted by Crippen LogP contribution is -2.18. The molecule has 22 heavy (non-hydrogen) atoms. The molecule has 0 unspecified atom stereocenters. The molecule has 3 heteroatoms. The molecule has 0 aromatic heterocycles. The van der Waals surface area contributed by atoms with E-state index < -0.39 is 0 Å². The van der Waals surface area contributed by atoms with E-state index >= 15 is 0 Å². The van der Waals surface area contributed by atoms with Crippen LogP contribution in [0, 0.1) is 17.2 Å². The van der Waals surface area contributed by atoms with Gasteiger partial charge < -0.3 is 15.6 Å². The highest BCUT2D eigenvalue weighted by Crippen LogP contribution is 2.40. The summed E-state index contributed by atoms with van der Waals surface area (Å²) in [7, 11) is 4.06. The first-order valence-electron chi connectivity index (χ1n) is 8.29. The van der Waals surface area contributed by atoms with Crippen molar-refractivity contribution in [3.8, 4) is 0 Å². The second-order valence-electron chi connectivity index (χ2n) is 6.31. The fourth-order valence-corrected chi connectivity index (χ4v) is 2.47. The minimum absolute atomic E-state index is 0.525. The van der Waals surface area contributed by atoms with Gasteiger partial charge in [-0.15, -0.1) is 0 Å². The Bertz CT molecular complexity index is 529. The van der Waals surface area contributed by atoms with E-state index in [1.807, 2.05) is 20.0 Å². The Morgan fingerprint density at radius 2 is 1.77 bits per heavy atom. The summed E-state index contributed by atoms with van der Waals surface area (Å²) >= 11 is 0. The summed E-state index contributed by atoms with van der Waals surface area (Å²) in [6.07, 6.45) is 15.4. The van der Waals surface area contributed by atoms with Gasteiger partial charge >= 0.3 is 0 Å². The van der Waals surface area contributed by atoms with E-state index in [4.69, 9.17) is 5.41 Å². The van der Waals surface area contributed by atoms with Gasteiger partial charge in [-0.2, -0.15) is 0 Å². The van der Waals surface area contributed by atoms with Gasteiger partial charge in [0.15, 0.2) is 0 Å². The second-order valence-corrected chi connectivity index (χ2v) is 6.31. The summed E-state index contributed by atoms with van der Waals surface area (Å²) < 4.78 is 0. The van der Waals surface area contributed by atoms with Crippen LogP contribution in [0.1, 0.15) is 39.5 Å². The van der Waals surface area contributed by atoms with Crippen LogP contribution in [-0.2, 0) is 0 Å². The molecule has 120 valence electrons. The summed E-state index contributed by atoms with van der Waals surface area (Å²) in [5.74, 6) is 1.17. The predicted octanol–water partition coefficient (Wildman–Crippen LogP) is 4.23. The van der Waals surface area contributed by atoms with Crippen molar-refractivity contribution in [1.29, 1.82) is 5.41 Å². The van der Waals surface area contributed by atoms with Crippen LogP contribution < -0.4 is 5.32 Å². The molecule has 2 N–H and O–H groups in total.